The molecule has 0 bridgehead atoms. The van der Waals surface area contributed by atoms with Gasteiger partial charge in [-0.2, -0.15) is 22.0 Å². The van der Waals surface area contributed by atoms with E-state index < -0.39 is 18.7 Å². The average Bonchev–Trinajstić information content (AvgIpc) is 1.64. The summed E-state index contributed by atoms with van der Waals surface area (Å²) in [5, 5.41) is 7.46. The van der Waals surface area contributed by atoms with Gasteiger partial charge in [0.1, 0.15) is 6.61 Å². The SMILES string of the molecule is OCC(F)(F)C(F)(F)F.[Co]. The Morgan fingerprint density at radius 3 is 1.30 bits per heavy atom. The van der Waals surface area contributed by atoms with Gasteiger partial charge < -0.3 is 5.11 Å². The largest absolute Gasteiger partial charge is 0.455 e. The molecule has 1 radical (unpaired) electrons. The Morgan fingerprint density at radius 2 is 1.30 bits per heavy atom. The summed E-state index contributed by atoms with van der Waals surface area (Å²) in [4.78, 5) is 0. The molecule has 0 atom stereocenters. The number of aliphatic hydroxyl groups excluding tert-OH is 1. The van der Waals surface area contributed by atoms with Crippen molar-refractivity contribution in [1.82, 2.24) is 0 Å². The first-order valence-corrected chi connectivity index (χ1v) is 1.86. The van der Waals surface area contributed by atoms with Crippen molar-refractivity contribution in [2.45, 2.75) is 12.1 Å². The third-order valence-electron chi connectivity index (χ3n) is 0.613. The Morgan fingerprint density at radius 1 is 1.00 bits per heavy atom. The van der Waals surface area contributed by atoms with Gasteiger partial charge in [0, 0.05) is 16.8 Å². The monoisotopic (exact) mass is 209 g/mol. The standard InChI is InChI=1S/C3H3F5O.Co/c4-2(5,1-9)3(6,7)8;/h9H,1H2;. The van der Waals surface area contributed by atoms with Crippen LogP contribution >= 0.6 is 0 Å². The van der Waals surface area contributed by atoms with Crippen LogP contribution in [0, 0.1) is 0 Å². The Bertz CT molecular complexity index is 99.6. The van der Waals surface area contributed by atoms with Crippen molar-refractivity contribution in [3.8, 4) is 0 Å². The second-order valence-electron chi connectivity index (χ2n) is 1.36. The molecule has 7 heteroatoms. The predicted molar refractivity (Wildman–Crippen MR) is 18.1 cm³/mol. The summed E-state index contributed by atoms with van der Waals surface area (Å²) in [5.41, 5.74) is 0. The fourth-order valence-corrected chi connectivity index (χ4v) is 0.0896. The van der Waals surface area contributed by atoms with E-state index in [1.54, 1.807) is 0 Å². The molecule has 0 saturated carbocycles. The maximum atomic E-state index is 11.3. The van der Waals surface area contributed by atoms with Gasteiger partial charge in [-0.3, -0.25) is 0 Å². The van der Waals surface area contributed by atoms with E-state index in [1.807, 2.05) is 0 Å². The minimum atomic E-state index is -5.64. The van der Waals surface area contributed by atoms with Crippen LogP contribution < -0.4 is 0 Å². The van der Waals surface area contributed by atoms with Crippen molar-refractivity contribution in [2.24, 2.45) is 0 Å². The minimum Gasteiger partial charge on any atom is -0.390 e. The van der Waals surface area contributed by atoms with E-state index in [0.717, 1.165) is 0 Å². The summed E-state index contributed by atoms with van der Waals surface area (Å²) in [5.74, 6) is -4.97. The van der Waals surface area contributed by atoms with Crippen LogP contribution in [-0.2, 0) is 16.8 Å². The maximum absolute atomic E-state index is 11.3. The third-order valence-corrected chi connectivity index (χ3v) is 0.613. The van der Waals surface area contributed by atoms with Gasteiger partial charge in [-0.05, 0) is 0 Å². The number of hydrogen-bond acceptors (Lipinski definition) is 1. The molecular weight excluding hydrogens is 206 g/mol. The molecule has 0 aromatic rings. The van der Waals surface area contributed by atoms with E-state index >= 15 is 0 Å². The van der Waals surface area contributed by atoms with Crippen molar-refractivity contribution in [1.29, 1.82) is 0 Å². The van der Waals surface area contributed by atoms with E-state index in [4.69, 9.17) is 5.11 Å². The van der Waals surface area contributed by atoms with Crippen LogP contribution in [0.15, 0.2) is 0 Å². The van der Waals surface area contributed by atoms with Gasteiger partial charge in [-0.15, -0.1) is 0 Å². The molecule has 1 nitrogen and oxygen atoms in total. The molecule has 1 N–H and O–H groups in total. The summed E-state index contributed by atoms with van der Waals surface area (Å²) in [6.45, 7) is -2.20. The fraction of sp³-hybridized carbons (Fsp3) is 1.00. The second-order valence-corrected chi connectivity index (χ2v) is 1.36. The molecule has 0 aliphatic heterocycles. The van der Waals surface area contributed by atoms with Crippen molar-refractivity contribution in [3.63, 3.8) is 0 Å². The summed E-state index contributed by atoms with van der Waals surface area (Å²) in [6.07, 6.45) is -5.64. The average molecular weight is 209 g/mol. The van der Waals surface area contributed by atoms with Crippen molar-refractivity contribution < 1.29 is 43.8 Å². The summed E-state index contributed by atoms with van der Waals surface area (Å²) < 4.78 is 55.3. The predicted octanol–water partition coefficient (Wildman–Crippen LogP) is 1.17. The number of rotatable bonds is 1. The Balaban J connectivity index is 0. The molecule has 0 aliphatic carbocycles. The normalized spacial score (nSPS) is 12.6. The molecule has 0 amide bonds. The summed E-state index contributed by atoms with van der Waals surface area (Å²) in [7, 11) is 0. The zero-order valence-corrected chi connectivity index (χ0v) is 5.42. The summed E-state index contributed by atoms with van der Waals surface area (Å²) in [6, 6.07) is 0. The van der Waals surface area contributed by atoms with Crippen LogP contribution in [0.1, 0.15) is 0 Å². The Labute approximate surface area is 63.4 Å². The van der Waals surface area contributed by atoms with Crippen molar-refractivity contribution >= 4 is 0 Å². The Hall–Kier alpha value is 0.116. The van der Waals surface area contributed by atoms with Gasteiger partial charge in [0.05, 0.1) is 0 Å². The smallest absolute Gasteiger partial charge is 0.390 e. The van der Waals surface area contributed by atoms with Crippen LogP contribution in [-0.4, -0.2) is 23.8 Å². The van der Waals surface area contributed by atoms with Crippen LogP contribution in [0.5, 0.6) is 0 Å². The molecule has 65 valence electrons. The van der Waals surface area contributed by atoms with E-state index in [2.05, 4.69) is 0 Å². The van der Waals surface area contributed by atoms with Crippen molar-refractivity contribution in [3.05, 3.63) is 0 Å². The van der Waals surface area contributed by atoms with E-state index in [1.165, 1.54) is 0 Å². The van der Waals surface area contributed by atoms with E-state index in [-0.39, 0.29) is 16.8 Å². The third kappa shape index (κ3) is 2.80. The van der Waals surface area contributed by atoms with Gasteiger partial charge in [0.2, 0.25) is 0 Å². The first-order chi connectivity index (χ1) is 3.81. The maximum Gasteiger partial charge on any atom is 0.455 e. The van der Waals surface area contributed by atoms with Gasteiger partial charge in [-0.1, -0.05) is 0 Å². The summed E-state index contributed by atoms with van der Waals surface area (Å²) >= 11 is 0. The van der Waals surface area contributed by atoms with Crippen LogP contribution in [0.2, 0.25) is 0 Å². The number of hydrogen-bond donors (Lipinski definition) is 1. The second kappa shape index (κ2) is 3.49. The first-order valence-electron chi connectivity index (χ1n) is 1.86. The van der Waals surface area contributed by atoms with Crippen LogP contribution in [0.4, 0.5) is 22.0 Å². The fourth-order valence-electron chi connectivity index (χ4n) is 0.0896. The molecular formula is C3H3CoF5O. The zero-order chi connectivity index (χ0) is 7.71. The topological polar surface area (TPSA) is 20.2 Å². The molecule has 0 spiro atoms. The minimum absolute atomic E-state index is 0. The zero-order valence-electron chi connectivity index (χ0n) is 4.38. The van der Waals surface area contributed by atoms with E-state index in [9.17, 15) is 22.0 Å². The molecule has 0 unspecified atom stereocenters. The quantitative estimate of drug-likeness (QED) is 0.642. The molecule has 0 heterocycles. The number of aliphatic hydroxyl groups is 1. The molecule has 0 aromatic carbocycles. The van der Waals surface area contributed by atoms with Crippen LogP contribution in [0.3, 0.4) is 0 Å². The van der Waals surface area contributed by atoms with Gasteiger partial charge in [0.25, 0.3) is 0 Å². The number of alkyl halides is 5. The van der Waals surface area contributed by atoms with Crippen molar-refractivity contribution in [2.75, 3.05) is 6.61 Å². The van der Waals surface area contributed by atoms with Gasteiger partial charge >= 0.3 is 12.1 Å². The number of halogens is 5. The molecule has 0 aromatic heterocycles. The molecule has 10 heavy (non-hydrogen) atoms. The van der Waals surface area contributed by atoms with Gasteiger partial charge in [0.15, 0.2) is 0 Å². The first kappa shape index (κ1) is 12.8. The molecule has 0 rings (SSSR count). The Kier molecular flexibility index (Phi) is 4.46. The van der Waals surface area contributed by atoms with E-state index in [0.29, 0.717) is 0 Å². The molecule has 0 saturated heterocycles. The molecule has 0 aliphatic rings. The van der Waals surface area contributed by atoms with Gasteiger partial charge in [-0.25, -0.2) is 0 Å². The van der Waals surface area contributed by atoms with Crippen LogP contribution in [0.25, 0.3) is 0 Å². The molecule has 0 fully saturated rings.